The van der Waals surface area contributed by atoms with Crippen molar-refractivity contribution >= 4 is 5.69 Å². The van der Waals surface area contributed by atoms with Crippen LogP contribution in [-0.4, -0.2) is 12.1 Å². The van der Waals surface area contributed by atoms with Crippen LogP contribution in [0, 0.1) is 13.8 Å². The Balaban J connectivity index is 1.99. The summed E-state index contributed by atoms with van der Waals surface area (Å²) in [5, 5.41) is 3.39. The average Bonchev–Trinajstić information content (AvgIpc) is 2.41. The highest BCUT2D eigenvalue weighted by Gasteiger charge is 1.98. The van der Waals surface area contributed by atoms with E-state index in [9.17, 15) is 0 Å². The van der Waals surface area contributed by atoms with Crippen molar-refractivity contribution < 1.29 is 4.74 Å². The van der Waals surface area contributed by atoms with Crippen molar-refractivity contribution in [2.45, 2.75) is 20.4 Å². The Morgan fingerprint density at radius 2 is 1.94 bits per heavy atom. The number of nitrogens with zero attached hydrogens (tertiary/aromatic N) is 1. The van der Waals surface area contributed by atoms with Gasteiger partial charge in [0.25, 0.3) is 0 Å². The first-order valence-corrected chi connectivity index (χ1v) is 5.99. The van der Waals surface area contributed by atoms with Crippen LogP contribution in [0.25, 0.3) is 0 Å². The predicted molar refractivity (Wildman–Crippen MR) is 74.0 cm³/mol. The molecular formula is C15H18N2O. The molecule has 0 spiro atoms. The molecule has 0 aliphatic heterocycles. The molecule has 0 fully saturated rings. The van der Waals surface area contributed by atoms with Crippen molar-refractivity contribution in [3.8, 4) is 5.88 Å². The maximum Gasteiger partial charge on any atom is 0.212 e. The Morgan fingerprint density at radius 1 is 1.11 bits per heavy atom. The quantitative estimate of drug-likeness (QED) is 0.893. The number of hydrogen-bond donors (Lipinski definition) is 1. The van der Waals surface area contributed by atoms with E-state index in [-0.39, 0.29) is 0 Å². The SMILES string of the molecule is COc1ccc(CNc2ccc(C)c(C)c2)cn1. The molecule has 1 aromatic heterocycles. The third kappa shape index (κ3) is 3.00. The molecule has 0 atom stereocenters. The molecule has 0 saturated carbocycles. The van der Waals surface area contributed by atoms with Gasteiger partial charge in [-0.3, -0.25) is 0 Å². The van der Waals surface area contributed by atoms with Gasteiger partial charge in [-0.1, -0.05) is 12.1 Å². The number of aromatic nitrogens is 1. The first-order chi connectivity index (χ1) is 8.69. The molecule has 0 unspecified atom stereocenters. The van der Waals surface area contributed by atoms with Crippen molar-refractivity contribution in [2.75, 3.05) is 12.4 Å². The molecule has 1 aromatic carbocycles. The summed E-state index contributed by atoms with van der Waals surface area (Å²) in [5.74, 6) is 0.643. The van der Waals surface area contributed by atoms with E-state index in [1.165, 1.54) is 11.1 Å². The minimum atomic E-state index is 0.643. The van der Waals surface area contributed by atoms with Gasteiger partial charge in [-0.2, -0.15) is 0 Å². The summed E-state index contributed by atoms with van der Waals surface area (Å²) in [6.07, 6.45) is 1.83. The Kier molecular flexibility index (Phi) is 3.82. The minimum absolute atomic E-state index is 0.643. The molecule has 0 radical (unpaired) electrons. The van der Waals surface area contributed by atoms with Crippen LogP contribution >= 0.6 is 0 Å². The molecular weight excluding hydrogens is 224 g/mol. The van der Waals surface area contributed by atoms with Crippen LogP contribution in [0.5, 0.6) is 5.88 Å². The Bertz CT molecular complexity index is 521. The van der Waals surface area contributed by atoms with E-state index in [2.05, 4.69) is 42.3 Å². The van der Waals surface area contributed by atoms with E-state index in [4.69, 9.17) is 4.74 Å². The fourth-order valence-corrected chi connectivity index (χ4v) is 1.69. The van der Waals surface area contributed by atoms with Gasteiger partial charge in [0.1, 0.15) is 0 Å². The number of nitrogens with one attached hydrogen (secondary N) is 1. The lowest BCUT2D eigenvalue weighted by Crippen LogP contribution is -2.00. The molecule has 3 heteroatoms. The number of methoxy groups -OCH3 is 1. The maximum absolute atomic E-state index is 5.03. The standard InChI is InChI=1S/C15H18N2O/c1-11-4-6-14(8-12(11)2)16-9-13-5-7-15(18-3)17-10-13/h4-8,10,16H,9H2,1-3H3. The summed E-state index contributed by atoms with van der Waals surface area (Å²) >= 11 is 0. The van der Waals surface area contributed by atoms with Crippen LogP contribution < -0.4 is 10.1 Å². The van der Waals surface area contributed by atoms with Crippen molar-refractivity contribution in [3.63, 3.8) is 0 Å². The third-order valence-electron chi connectivity index (χ3n) is 3.01. The van der Waals surface area contributed by atoms with E-state index < -0.39 is 0 Å². The predicted octanol–water partition coefficient (Wildman–Crippen LogP) is 3.32. The second-order valence-electron chi connectivity index (χ2n) is 4.36. The minimum Gasteiger partial charge on any atom is -0.481 e. The molecule has 0 aliphatic carbocycles. The molecule has 94 valence electrons. The van der Waals surface area contributed by atoms with Crippen LogP contribution in [0.15, 0.2) is 36.5 Å². The number of anilines is 1. The summed E-state index contributed by atoms with van der Waals surface area (Å²) in [5.41, 5.74) is 4.88. The summed E-state index contributed by atoms with van der Waals surface area (Å²) < 4.78 is 5.03. The lowest BCUT2D eigenvalue weighted by atomic mass is 10.1. The summed E-state index contributed by atoms with van der Waals surface area (Å²) in [6, 6.07) is 10.3. The van der Waals surface area contributed by atoms with Crippen LogP contribution in [0.2, 0.25) is 0 Å². The summed E-state index contributed by atoms with van der Waals surface area (Å²) in [6.45, 7) is 5.00. The number of rotatable bonds is 4. The van der Waals surface area contributed by atoms with Crippen LogP contribution in [0.3, 0.4) is 0 Å². The zero-order chi connectivity index (χ0) is 13.0. The highest BCUT2D eigenvalue weighted by Crippen LogP contribution is 2.15. The molecule has 2 rings (SSSR count). The van der Waals surface area contributed by atoms with Gasteiger partial charge in [-0.25, -0.2) is 4.98 Å². The van der Waals surface area contributed by atoms with Gasteiger partial charge in [0, 0.05) is 24.5 Å². The molecule has 1 heterocycles. The highest BCUT2D eigenvalue weighted by atomic mass is 16.5. The van der Waals surface area contributed by atoms with E-state index >= 15 is 0 Å². The molecule has 1 N–H and O–H groups in total. The van der Waals surface area contributed by atoms with Crippen molar-refractivity contribution in [2.24, 2.45) is 0 Å². The number of pyridine rings is 1. The van der Waals surface area contributed by atoms with Crippen LogP contribution in [-0.2, 0) is 6.54 Å². The zero-order valence-electron chi connectivity index (χ0n) is 11.0. The molecule has 18 heavy (non-hydrogen) atoms. The average molecular weight is 242 g/mol. The maximum atomic E-state index is 5.03. The first kappa shape index (κ1) is 12.4. The number of aryl methyl sites for hydroxylation is 2. The van der Waals surface area contributed by atoms with Gasteiger partial charge in [0.05, 0.1) is 7.11 Å². The van der Waals surface area contributed by atoms with Crippen LogP contribution in [0.4, 0.5) is 5.69 Å². The van der Waals surface area contributed by atoms with Gasteiger partial charge in [0.15, 0.2) is 0 Å². The Hall–Kier alpha value is -2.03. The fraction of sp³-hybridized carbons (Fsp3) is 0.267. The van der Waals surface area contributed by atoms with Crippen molar-refractivity contribution in [1.82, 2.24) is 4.98 Å². The zero-order valence-corrected chi connectivity index (χ0v) is 11.0. The lowest BCUT2D eigenvalue weighted by Gasteiger charge is -2.09. The topological polar surface area (TPSA) is 34.1 Å². The smallest absolute Gasteiger partial charge is 0.212 e. The fourth-order valence-electron chi connectivity index (χ4n) is 1.69. The third-order valence-corrected chi connectivity index (χ3v) is 3.01. The molecule has 3 nitrogen and oxygen atoms in total. The van der Waals surface area contributed by atoms with Gasteiger partial charge >= 0.3 is 0 Å². The molecule has 0 saturated heterocycles. The number of ether oxygens (including phenoxy) is 1. The van der Waals surface area contributed by atoms with Crippen molar-refractivity contribution in [1.29, 1.82) is 0 Å². The molecule has 0 aliphatic rings. The normalized spacial score (nSPS) is 10.2. The largest absolute Gasteiger partial charge is 0.481 e. The van der Waals surface area contributed by atoms with Crippen LogP contribution in [0.1, 0.15) is 16.7 Å². The lowest BCUT2D eigenvalue weighted by molar-refractivity contribution is 0.397. The van der Waals surface area contributed by atoms with E-state index in [1.807, 2.05) is 18.3 Å². The first-order valence-electron chi connectivity index (χ1n) is 5.99. The van der Waals surface area contributed by atoms with E-state index in [0.717, 1.165) is 17.8 Å². The van der Waals surface area contributed by atoms with Gasteiger partial charge in [-0.15, -0.1) is 0 Å². The number of hydrogen-bond acceptors (Lipinski definition) is 3. The molecule has 0 bridgehead atoms. The Morgan fingerprint density at radius 3 is 2.56 bits per heavy atom. The second kappa shape index (κ2) is 5.54. The van der Waals surface area contributed by atoms with E-state index in [0.29, 0.717) is 5.88 Å². The molecule has 0 amide bonds. The van der Waals surface area contributed by atoms with Gasteiger partial charge in [0.2, 0.25) is 5.88 Å². The second-order valence-corrected chi connectivity index (χ2v) is 4.36. The van der Waals surface area contributed by atoms with E-state index in [1.54, 1.807) is 7.11 Å². The monoisotopic (exact) mass is 242 g/mol. The summed E-state index contributed by atoms with van der Waals surface area (Å²) in [4.78, 5) is 4.18. The van der Waals surface area contributed by atoms with Crippen molar-refractivity contribution in [3.05, 3.63) is 53.2 Å². The summed E-state index contributed by atoms with van der Waals surface area (Å²) in [7, 11) is 1.62. The molecule has 2 aromatic rings. The number of benzene rings is 1. The Labute approximate surface area is 108 Å². The van der Waals surface area contributed by atoms with Gasteiger partial charge in [-0.05, 0) is 42.7 Å². The highest BCUT2D eigenvalue weighted by molar-refractivity contribution is 5.48. The van der Waals surface area contributed by atoms with Gasteiger partial charge < -0.3 is 10.1 Å².